The van der Waals surface area contributed by atoms with Gasteiger partial charge < -0.3 is 0 Å². The Morgan fingerprint density at radius 2 is 1.60 bits per heavy atom. The Morgan fingerprint density at radius 3 is 2.07 bits per heavy atom. The highest BCUT2D eigenvalue weighted by molar-refractivity contribution is 9.10. The average molecular weight is 289 g/mol. The predicted molar refractivity (Wildman–Crippen MR) is 56.6 cm³/mol. The van der Waals surface area contributed by atoms with Crippen molar-refractivity contribution in [3.8, 4) is 0 Å². The highest BCUT2D eigenvalue weighted by atomic mass is 79.9. The molecular formula is C10H13BrF4. The molecule has 0 saturated heterocycles. The quantitative estimate of drug-likeness (QED) is 0.270. The Bertz CT molecular complexity index is 218. The van der Waals surface area contributed by atoms with E-state index in [9.17, 15) is 17.6 Å². The zero-order chi connectivity index (χ0) is 11.9. The van der Waals surface area contributed by atoms with Crippen molar-refractivity contribution in [3.05, 3.63) is 24.8 Å². The highest BCUT2D eigenvalue weighted by Crippen LogP contribution is 2.40. The van der Waals surface area contributed by atoms with Crippen LogP contribution in [0.3, 0.4) is 0 Å². The maximum atomic E-state index is 12.6. The lowest BCUT2D eigenvalue weighted by molar-refractivity contribution is -0.111. The lowest BCUT2D eigenvalue weighted by Crippen LogP contribution is -2.32. The Kier molecular flexibility index (Phi) is 6.17. The molecule has 0 aliphatic carbocycles. The summed E-state index contributed by atoms with van der Waals surface area (Å²) in [5, 5.41) is 0. The van der Waals surface area contributed by atoms with Crippen LogP contribution in [-0.4, -0.2) is 10.8 Å². The maximum absolute atomic E-state index is 12.6. The first kappa shape index (κ1) is 14.7. The van der Waals surface area contributed by atoms with Crippen LogP contribution in [0.2, 0.25) is 0 Å². The van der Waals surface area contributed by atoms with Crippen LogP contribution in [0.25, 0.3) is 0 Å². The summed E-state index contributed by atoms with van der Waals surface area (Å²) in [6, 6.07) is 0. The second-order valence-corrected chi connectivity index (χ2v) is 4.09. The highest BCUT2D eigenvalue weighted by Gasteiger charge is 2.51. The summed E-state index contributed by atoms with van der Waals surface area (Å²) in [5.41, 5.74) is 0. The van der Waals surface area contributed by atoms with Crippen LogP contribution in [0.4, 0.5) is 17.6 Å². The van der Waals surface area contributed by atoms with Crippen molar-refractivity contribution in [3.63, 3.8) is 0 Å². The van der Waals surface area contributed by atoms with E-state index < -0.39 is 10.8 Å². The minimum Gasteiger partial charge on any atom is -0.194 e. The fraction of sp³-hybridized carbons (Fsp3) is 0.600. The minimum atomic E-state index is -4.18. The lowest BCUT2D eigenvalue weighted by atomic mass is 10.1. The van der Waals surface area contributed by atoms with E-state index in [1.165, 1.54) is 0 Å². The van der Waals surface area contributed by atoms with Crippen molar-refractivity contribution in [2.75, 3.05) is 0 Å². The van der Waals surface area contributed by atoms with Gasteiger partial charge in [0.25, 0.3) is 0 Å². The number of halogens is 5. The van der Waals surface area contributed by atoms with Gasteiger partial charge >= 0.3 is 10.8 Å². The Hall–Kier alpha value is -0.320. The number of allylic oxidation sites excluding steroid dienone is 3. The largest absolute Gasteiger partial charge is 0.367 e. The van der Waals surface area contributed by atoms with Crippen molar-refractivity contribution in [1.82, 2.24) is 0 Å². The first-order valence-corrected chi connectivity index (χ1v) is 5.33. The van der Waals surface area contributed by atoms with E-state index in [2.05, 4.69) is 6.58 Å². The molecule has 0 bridgehead atoms. The van der Waals surface area contributed by atoms with E-state index in [0.717, 1.165) is 18.9 Å². The molecule has 0 aliphatic rings. The van der Waals surface area contributed by atoms with Gasteiger partial charge in [-0.15, -0.1) is 6.58 Å². The molecule has 15 heavy (non-hydrogen) atoms. The van der Waals surface area contributed by atoms with E-state index >= 15 is 0 Å². The molecule has 0 amide bonds. The standard InChI is InChI=1S/C10H13BrF4/c1-2-3-4-5-6-7-8-9(12,13)10(11,14)15/h2,7-8H,1,3-6H2. The van der Waals surface area contributed by atoms with Gasteiger partial charge in [-0.25, -0.2) is 0 Å². The SMILES string of the molecule is C=CCCCCC=CC(F)(F)C(F)(F)Br. The van der Waals surface area contributed by atoms with Crippen LogP contribution < -0.4 is 0 Å². The second kappa shape index (κ2) is 6.30. The van der Waals surface area contributed by atoms with Crippen molar-refractivity contribution in [1.29, 1.82) is 0 Å². The Balaban J connectivity index is 3.90. The number of hydrogen-bond acceptors (Lipinski definition) is 0. The first-order valence-electron chi connectivity index (χ1n) is 4.54. The molecule has 0 heterocycles. The zero-order valence-corrected chi connectivity index (χ0v) is 9.74. The summed E-state index contributed by atoms with van der Waals surface area (Å²) < 4.78 is 49.7. The van der Waals surface area contributed by atoms with Crippen LogP contribution >= 0.6 is 15.9 Å². The Morgan fingerprint density at radius 1 is 1.07 bits per heavy atom. The van der Waals surface area contributed by atoms with E-state index in [1.807, 2.05) is 0 Å². The number of hydrogen-bond donors (Lipinski definition) is 0. The maximum Gasteiger partial charge on any atom is 0.367 e. The van der Waals surface area contributed by atoms with Crippen LogP contribution in [0.15, 0.2) is 24.8 Å². The van der Waals surface area contributed by atoms with E-state index in [-0.39, 0.29) is 6.08 Å². The van der Waals surface area contributed by atoms with Gasteiger partial charge in [0.15, 0.2) is 0 Å². The third kappa shape index (κ3) is 5.97. The normalized spacial score (nSPS) is 13.4. The first-order chi connectivity index (χ1) is 6.81. The molecule has 0 rings (SSSR count). The zero-order valence-electron chi connectivity index (χ0n) is 8.16. The van der Waals surface area contributed by atoms with Gasteiger partial charge in [-0.3, -0.25) is 0 Å². The van der Waals surface area contributed by atoms with Gasteiger partial charge in [0.05, 0.1) is 0 Å². The van der Waals surface area contributed by atoms with Crippen molar-refractivity contribution < 1.29 is 17.6 Å². The van der Waals surface area contributed by atoms with Crippen LogP contribution in [0.1, 0.15) is 25.7 Å². The summed E-state index contributed by atoms with van der Waals surface area (Å²) in [7, 11) is 0. The molecule has 0 aromatic carbocycles. The number of rotatable bonds is 7. The van der Waals surface area contributed by atoms with Gasteiger partial charge in [0.1, 0.15) is 0 Å². The second-order valence-electron chi connectivity index (χ2n) is 3.10. The van der Waals surface area contributed by atoms with Crippen molar-refractivity contribution in [2.45, 2.75) is 36.4 Å². The van der Waals surface area contributed by atoms with Gasteiger partial charge in [-0.05, 0) is 47.7 Å². The predicted octanol–water partition coefficient (Wildman–Crippen LogP) is 4.91. The van der Waals surface area contributed by atoms with E-state index in [0.29, 0.717) is 12.8 Å². The molecule has 0 nitrogen and oxygen atoms in total. The Labute approximate surface area is 95.2 Å². The van der Waals surface area contributed by atoms with E-state index in [1.54, 1.807) is 22.0 Å². The third-order valence-corrected chi connectivity index (χ3v) is 2.26. The molecule has 0 unspecified atom stereocenters. The minimum absolute atomic E-state index is 0.246. The third-order valence-electron chi connectivity index (χ3n) is 1.73. The molecule has 0 saturated carbocycles. The summed E-state index contributed by atoms with van der Waals surface area (Å²) in [6.45, 7) is 3.51. The van der Waals surface area contributed by atoms with Crippen molar-refractivity contribution in [2.24, 2.45) is 0 Å². The fourth-order valence-electron chi connectivity index (χ4n) is 0.877. The molecule has 88 valence electrons. The van der Waals surface area contributed by atoms with Gasteiger partial charge in [0.2, 0.25) is 0 Å². The summed E-state index contributed by atoms with van der Waals surface area (Å²) >= 11 is 1.65. The van der Waals surface area contributed by atoms with Gasteiger partial charge in [-0.2, -0.15) is 17.6 Å². The molecule has 0 aromatic rings. The topological polar surface area (TPSA) is 0 Å². The summed E-state index contributed by atoms with van der Waals surface area (Å²) in [6.07, 6.45) is 5.74. The lowest BCUT2D eigenvalue weighted by Gasteiger charge is -2.17. The smallest absolute Gasteiger partial charge is 0.194 e. The van der Waals surface area contributed by atoms with Crippen LogP contribution in [0.5, 0.6) is 0 Å². The molecule has 5 heteroatoms. The molecule has 0 radical (unpaired) electrons. The molecule has 0 N–H and O–H groups in total. The van der Waals surface area contributed by atoms with Crippen LogP contribution in [-0.2, 0) is 0 Å². The number of unbranched alkanes of at least 4 members (excludes halogenated alkanes) is 3. The molecule has 0 spiro atoms. The molecular weight excluding hydrogens is 276 g/mol. The van der Waals surface area contributed by atoms with E-state index in [4.69, 9.17) is 0 Å². The van der Waals surface area contributed by atoms with Crippen LogP contribution in [0, 0.1) is 0 Å². The van der Waals surface area contributed by atoms with Gasteiger partial charge in [0, 0.05) is 0 Å². The van der Waals surface area contributed by atoms with Crippen molar-refractivity contribution >= 4 is 15.9 Å². The fourth-order valence-corrected chi connectivity index (χ4v) is 1.01. The average Bonchev–Trinajstić information content (AvgIpc) is 2.09. The summed E-state index contributed by atoms with van der Waals surface area (Å²) in [5.74, 6) is -4.13. The number of alkyl halides is 5. The molecule has 0 aromatic heterocycles. The monoisotopic (exact) mass is 288 g/mol. The molecule has 0 atom stereocenters. The summed E-state index contributed by atoms with van der Waals surface area (Å²) in [4.78, 5) is -4.18. The van der Waals surface area contributed by atoms with Gasteiger partial charge in [-0.1, -0.05) is 12.2 Å². The molecule has 0 aliphatic heterocycles. The molecule has 0 fully saturated rings.